The van der Waals surface area contributed by atoms with Crippen LogP contribution >= 0.6 is 0 Å². The summed E-state index contributed by atoms with van der Waals surface area (Å²) < 4.78 is 29.7. The molecule has 0 spiro atoms. The van der Waals surface area contributed by atoms with Crippen molar-refractivity contribution < 1.29 is 57.2 Å². The van der Waals surface area contributed by atoms with Gasteiger partial charge in [0, 0.05) is 30.8 Å². The summed E-state index contributed by atoms with van der Waals surface area (Å²) in [5.74, 6) is -2.07. The Hall–Kier alpha value is -8.27. The Morgan fingerprint density at radius 1 is 0.756 bits per heavy atom. The highest BCUT2D eigenvalue weighted by Crippen LogP contribution is 2.39. The van der Waals surface area contributed by atoms with Gasteiger partial charge in [-0.25, -0.2) is 4.79 Å². The van der Waals surface area contributed by atoms with Crippen LogP contribution in [0.4, 0.5) is 0 Å². The van der Waals surface area contributed by atoms with Gasteiger partial charge in [0.25, 0.3) is 17.7 Å². The van der Waals surface area contributed by atoms with Crippen molar-refractivity contribution in [3.63, 3.8) is 0 Å². The zero-order valence-corrected chi connectivity index (χ0v) is 45.2. The van der Waals surface area contributed by atoms with Crippen LogP contribution in [0, 0.1) is 20.8 Å². The summed E-state index contributed by atoms with van der Waals surface area (Å²) in [7, 11) is 3.14. The Balaban J connectivity index is 0.898. The van der Waals surface area contributed by atoms with Crippen LogP contribution in [0.15, 0.2) is 109 Å². The number of aryl methyl sites for hydroxylation is 4. The number of likely N-dealkylation sites (tertiary alicyclic amines) is 1. The molecule has 5 amide bonds. The SMILES string of the molecule is C=C1CCC(N2C(=O)c3cccc(OCC(=O)Cc4cccc(CNC(=O)COc5ccccc5C(CCc5ccc(C)c(C)c5)OC(=O)[C@@H]5CCCCN5C(=O)[C@@H](CC)c5cc(C)c(OC)c(OC)c5)c4)c3C2=O)C(=O)N1. The number of methoxy groups -OCH3 is 2. The molecule has 3 heterocycles. The van der Waals surface area contributed by atoms with Crippen LogP contribution in [0.25, 0.3) is 0 Å². The van der Waals surface area contributed by atoms with Crippen LogP contribution in [0.1, 0.15) is 129 Å². The van der Waals surface area contributed by atoms with Gasteiger partial charge >= 0.3 is 5.97 Å². The van der Waals surface area contributed by atoms with Crippen LogP contribution in [-0.2, 0) is 48.1 Å². The van der Waals surface area contributed by atoms with E-state index < -0.39 is 53.7 Å². The predicted molar refractivity (Wildman–Crippen MR) is 291 cm³/mol. The maximum Gasteiger partial charge on any atom is 0.329 e. The van der Waals surface area contributed by atoms with Gasteiger partial charge in [0.15, 0.2) is 23.9 Å². The average molecular weight is 1060 g/mol. The van der Waals surface area contributed by atoms with E-state index >= 15 is 0 Å². The smallest absolute Gasteiger partial charge is 0.329 e. The monoisotopic (exact) mass is 1060 g/mol. The Morgan fingerprint density at radius 3 is 2.27 bits per heavy atom. The van der Waals surface area contributed by atoms with E-state index in [1.165, 1.54) is 17.7 Å². The van der Waals surface area contributed by atoms with E-state index in [0.717, 1.165) is 45.6 Å². The van der Waals surface area contributed by atoms with Crippen molar-refractivity contribution in [1.29, 1.82) is 0 Å². The predicted octanol–water partition coefficient (Wildman–Crippen LogP) is 8.70. The fourth-order valence-electron chi connectivity index (χ4n) is 10.6. The highest BCUT2D eigenvalue weighted by molar-refractivity contribution is 6.24. The molecule has 0 aromatic heterocycles. The molecule has 2 N–H and O–H groups in total. The summed E-state index contributed by atoms with van der Waals surface area (Å²) in [5, 5.41) is 5.51. The summed E-state index contributed by atoms with van der Waals surface area (Å²) in [6.07, 6.45) is 3.32. The van der Waals surface area contributed by atoms with Gasteiger partial charge < -0.3 is 39.2 Å². The van der Waals surface area contributed by atoms with E-state index in [9.17, 15) is 33.6 Å². The van der Waals surface area contributed by atoms with Crippen molar-refractivity contribution >= 4 is 41.3 Å². The van der Waals surface area contributed by atoms with E-state index in [4.69, 9.17) is 23.7 Å². The van der Waals surface area contributed by atoms with Gasteiger partial charge in [-0.2, -0.15) is 0 Å². The average Bonchev–Trinajstić information content (AvgIpc) is 3.77. The Kier molecular flexibility index (Phi) is 18.1. The highest BCUT2D eigenvalue weighted by Gasteiger charge is 2.46. The van der Waals surface area contributed by atoms with Crippen molar-refractivity contribution in [2.75, 3.05) is 34.0 Å². The number of allylic oxidation sites excluding steroid dienone is 1. The molecule has 78 heavy (non-hydrogen) atoms. The number of ketones is 1. The number of piperidine rings is 2. The van der Waals surface area contributed by atoms with Gasteiger partial charge in [-0.3, -0.25) is 33.7 Å². The van der Waals surface area contributed by atoms with Crippen LogP contribution in [0.2, 0.25) is 0 Å². The molecular weight excluding hydrogens is 993 g/mol. The maximum atomic E-state index is 14.6. The van der Waals surface area contributed by atoms with E-state index in [1.54, 1.807) is 55.5 Å². The number of para-hydroxylation sites is 1. The van der Waals surface area contributed by atoms with Gasteiger partial charge in [0.1, 0.15) is 36.3 Å². The molecule has 5 aromatic rings. The van der Waals surface area contributed by atoms with Crippen LogP contribution in [0.5, 0.6) is 23.0 Å². The molecule has 0 radical (unpaired) electrons. The lowest BCUT2D eigenvalue weighted by Crippen LogP contribution is -2.51. The summed E-state index contributed by atoms with van der Waals surface area (Å²) in [4.78, 5) is 98.0. The van der Waals surface area contributed by atoms with Crippen molar-refractivity contribution in [3.05, 3.63) is 165 Å². The summed E-state index contributed by atoms with van der Waals surface area (Å²) in [5.41, 5.74) is 7.61. The van der Waals surface area contributed by atoms with Crippen molar-refractivity contribution in [2.45, 2.75) is 116 Å². The molecular formula is C62H68N4O12. The number of benzene rings is 5. The molecule has 3 aliphatic heterocycles. The minimum atomic E-state index is -0.984. The number of imide groups is 1. The number of amides is 5. The van der Waals surface area contributed by atoms with E-state index in [0.29, 0.717) is 72.7 Å². The maximum absolute atomic E-state index is 14.6. The van der Waals surface area contributed by atoms with Gasteiger partial charge in [-0.1, -0.05) is 86.3 Å². The Labute approximate surface area is 455 Å². The molecule has 2 unspecified atom stereocenters. The van der Waals surface area contributed by atoms with Gasteiger partial charge in [-0.05, 0) is 135 Å². The number of esters is 1. The largest absolute Gasteiger partial charge is 0.493 e. The topological polar surface area (TPSA) is 196 Å². The minimum Gasteiger partial charge on any atom is -0.493 e. The van der Waals surface area contributed by atoms with E-state index in [-0.39, 0.29) is 61.2 Å². The second-order valence-corrected chi connectivity index (χ2v) is 20.2. The minimum absolute atomic E-state index is 0.00863. The third-order valence-electron chi connectivity index (χ3n) is 14.8. The fourth-order valence-corrected chi connectivity index (χ4v) is 10.6. The lowest BCUT2D eigenvalue weighted by Gasteiger charge is -2.37. The molecule has 16 nitrogen and oxygen atoms in total. The number of rotatable bonds is 22. The Morgan fingerprint density at radius 2 is 1.51 bits per heavy atom. The molecule has 5 aromatic carbocycles. The van der Waals surface area contributed by atoms with Crippen molar-refractivity contribution in [3.8, 4) is 23.0 Å². The number of ether oxygens (including phenoxy) is 5. The summed E-state index contributed by atoms with van der Waals surface area (Å²) in [6, 6.07) is 27.2. The highest BCUT2D eigenvalue weighted by atomic mass is 16.5. The van der Waals surface area contributed by atoms with Crippen LogP contribution in [0.3, 0.4) is 0 Å². The first kappa shape index (κ1) is 55.9. The first-order valence-corrected chi connectivity index (χ1v) is 26.6. The molecule has 4 atom stereocenters. The number of nitrogens with one attached hydrogen (secondary N) is 2. The zero-order valence-electron chi connectivity index (χ0n) is 45.2. The lowest BCUT2D eigenvalue weighted by atomic mass is 9.91. The quantitative estimate of drug-likeness (QED) is 0.0495. The molecule has 8 rings (SSSR count). The van der Waals surface area contributed by atoms with Gasteiger partial charge in [-0.15, -0.1) is 0 Å². The molecule has 0 bridgehead atoms. The van der Waals surface area contributed by atoms with Gasteiger partial charge in [0.05, 0.1) is 31.3 Å². The van der Waals surface area contributed by atoms with Crippen LogP contribution < -0.4 is 29.6 Å². The number of carbonyl (C=O) groups is 7. The second-order valence-electron chi connectivity index (χ2n) is 20.2. The first-order valence-electron chi connectivity index (χ1n) is 26.6. The number of Topliss-reactive ketones (excluding diaryl/α,β-unsaturated/α-hetero) is 1. The lowest BCUT2D eigenvalue weighted by molar-refractivity contribution is -0.162. The summed E-state index contributed by atoms with van der Waals surface area (Å²) >= 11 is 0. The Bertz CT molecular complexity index is 3130. The van der Waals surface area contributed by atoms with E-state index in [1.807, 2.05) is 44.2 Å². The number of hydrogen-bond donors (Lipinski definition) is 2. The number of carbonyl (C=O) groups excluding carboxylic acids is 7. The second kappa shape index (κ2) is 25.3. The third-order valence-corrected chi connectivity index (χ3v) is 14.8. The number of nitrogens with zero attached hydrogens (tertiary/aromatic N) is 2. The van der Waals surface area contributed by atoms with Crippen molar-refractivity contribution in [2.24, 2.45) is 0 Å². The summed E-state index contributed by atoms with van der Waals surface area (Å²) in [6.45, 7) is 11.6. The number of fused-ring (bicyclic) bond motifs is 1. The molecule has 3 aliphatic rings. The third kappa shape index (κ3) is 12.8. The molecule has 408 valence electrons. The normalized spacial score (nSPS) is 16.9. The van der Waals surface area contributed by atoms with Gasteiger partial charge in [0.2, 0.25) is 11.8 Å². The zero-order chi connectivity index (χ0) is 55.6. The van der Waals surface area contributed by atoms with Crippen LogP contribution in [-0.4, -0.2) is 97.2 Å². The fraction of sp³-hybridized carbons (Fsp3) is 0.371. The molecule has 2 fully saturated rings. The standard InChI is InChI=1S/C62H68N4O12/c1-8-46(44-30-39(4)57(75-7)54(33-44)74-6)59(70)65-28-12-11-19-50(65)62(73)78-52(27-25-41-24-22-37(2)38(3)29-41)47-17-9-10-20-51(47)77-36-55(68)63-34-43-16-13-15-42(31-43)32-45(67)35-76-53-21-14-18-48-56(53)61(72)66(60(48)71)49-26-23-40(5)64-58(49)69/h9-10,13-18,20-22,24,29-31,33,46,49-50,52H,5,8,11-12,19,23,25-28,32,34-36H2,1-4,6-7H3,(H,63,68)(H,64,69)/t46-,49?,50-,52?/m0/s1. The number of hydrogen-bond acceptors (Lipinski definition) is 12. The molecule has 2 saturated heterocycles. The molecule has 16 heteroatoms. The first-order chi connectivity index (χ1) is 37.6. The molecule has 0 aliphatic carbocycles. The van der Waals surface area contributed by atoms with Crippen molar-refractivity contribution in [1.82, 2.24) is 20.4 Å². The molecule has 0 saturated carbocycles. The van der Waals surface area contributed by atoms with E-state index in [2.05, 4.69) is 49.3 Å².